The summed E-state index contributed by atoms with van der Waals surface area (Å²) in [5, 5.41) is 20.5. The van der Waals surface area contributed by atoms with Crippen LogP contribution in [-0.2, 0) is 6.18 Å². The molecule has 0 saturated heterocycles. The van der Waals surface area contributed by atoms with Crippen molar-refractivity contribution in [3.8, 4) is 11.3 Å². The van der Waals surface area contributed by atoms with E-state index in [1.165, 1.54) is 43.3 Å². The van der Waals surface area contributed by atoms with Gasteiger partial charge < -0.3 is 20.4 Å². The predicted octanol–water partition coefficient (Wildman–Crippen LogP) is 1.31. The average molecular weight is 384 g/mol. The Bertz CT molecular complexity index is 812. The van der Waals surface area contributed by atoms with Crippen molar-refractivity contribution in [3.63, 3.8) is 0 Å². The van der Waals surface area contributed by atoms with Gasteiger partial charge in [-0.05, 0) is 18.2 Å². The summed E-state index contributed by atoms with van der Waals surface area (Å²) in [6, 6.07) is 6.73. The number of carbonyl (C=O) groups excluding carboxylic acids is 1. The lowest BCUT2D eigenvalue weighted by Crippen LogP contribution is -2.33. The van der Waals surface area contributed by atoms with Gasteiger partial charge in [-0.25, -0.2) is 9.97 Å². The SMILES string of the molecule is CN(C)c1nc(-c2cccc(C(=O)NCC(O)CO)c2)cc(C(F)(F)F)n1. The van der Waals surface area contributed by atoms with Gasteiger partial charge in [-0.2, -0.15) is 13.2 Å². The van der Waals surface area contributed by atoms with Crippen LogP contribution >= 0.6 is 0 Å². The zero-order valence-electron chi connectivity index (χ0n) is 14.7. The van der Waals surface area contributed by atoms with Gasteiger partial charge in [0.15, 0.2) is 5.69 Å². The molecule has 27 heavy (non-hydrogen) atoms. The van der Waals surface area contributed by atoms with Gasteiger partial charge in [-0.1, -0.05) is 12.1 Å². The van der Waals surface area contributed by atoms with Crippen molar-refractivity contribution in [1.29, 1.82) is 0 Å². The molecule has 2 aromatic rings. The lowest BCUT2D eigenvalue weighted by Gasteiger charge is -2.15. The lowest BCUT2D eigenvalue weighted by atomic mass is 10.1. The normalized spacial score (nSPS) is 12.6. The third kappa shape index (κ3) is 5.38. The number of nitrogens with one attached hydrogen (secondary N) is 1. The van der Waals surface area contributed by atoms with Crippen LogP contribution in [-0.4, -0.2) is 59.4 Å². The lowest BCUT2D eigenvalue weighted by molar-refractivity contribution is -0.141. The highest BCUT2D eigenvalue weighted by atomic mass is 19.4. The van der Waals surface area contributed by atoms with Gasteiger partial charge in [-0.15, -0.1) is 0 Å². The first kappa shape index (κ1) is 20.6. The quantitative estimate of drug-likeness (QED) is 0.695. The molecule has 0 bridgehead atoms. The minimum absolute atomic E-state index is 0.0195. The number of aromatic nitrogens is 2. The number of anilines is 1. The van der Waals surface area contributed by atoms with Gasteiger partial charge in [0.2, 0.25) is 5.95 Å². The molecular formula is C17H19F3N4O3. The average Bonchev–Trinajstić information content (AvgIpc) is 2.64. The minimum Gasteiger partial charge on any atom is -0.394 e. The molecule has 1 unspecified atom stereocenters. The maximum atomic E-state index is 13.1. The molecule has 1 aromatic heterocycles. The van der Waals surface area contributed by atoms with Crippen molar-refractivity contribution in [2.75, 3.05) is 32.1 Å². The third-order valence-electron chi connectivity index (χ3n) is 3.53. The Morgan fingerprint density at radius 1 is 1.26 bits per heavy atom. The number of benzene rings is 1. The molecule has 1 heterocycles. The molecule has 0 aliphatic carbocycles. The summed E-state index contributed by atoms with van der Waals surface area (Å²) in [6.45, 7) is -0.662. The molecule has 2 rings (SSSR count). The molecule has 0 aliphatic rings. The van der Waals surface area contributed by atoms with Crippen molar-refractivity contribution in [3.05, 3.63) is 41.6 Å². The summed E-state index contributed by atoms with van der Waals surface area (Å²) < 4.78 is 39.4. The van der Waals surface area contributed by atoms with E-state index >= 15 is 0 Å². The second-order valence-electron chi connectivity index (χ2n) is 5.96. The van der Waals surface area contributed by atoms with Crippen molar-refractivity contribution in [2.24, 2.45) is 0 Å². The van der Waals surface area contributed by atoms with Gasteiger partial charge in [0.05, 0.1) is 18.4 Å². The number of rotatable bonds is 6. The van der Waals surface area contributed by atoms with E-state index < -0.39 is 30.5 Å². The van der Waals surface area contributed by atoms with Crippen LogP contribution in [0, 0.1) is 0 Å². The standard InChI is InChI=1S/C17H19F3N4O3/c1-24(2)16-22-13(7-14(23-16)17(18,19)20)10-4-3-5-11(6-10)15(27)21-8-12(26)9-25/h3-7,12,25-26H,8-9H2,1-2H3,(H,21,27). The summed E-state index contributed by atoms with van der Waals surface area (Å²) >= 11 is 0. The number of carbonyl (C=O) groups is 1. The van der Waals surface area contributed by atoms with Crippen molar-refractivity contribution in [1.82, 2.24) is 15.3 Å². The van der Waals surface area contributed by atoms with Crippen LogP contribution in [0.4, 0.5) is 19.1 Å². The maximum absolute atomic E-state index is 13.1. The molecule has 10 heteroatoms. The third-order valence-corrected chi connectivity index (χ3v) is 3.53. The first-order chi connectivity index (χ1) is 12.6. The molecule has 0 spiro atoms. The smallest absolute Gasteiger partial charge is 0.394 e. The molecule has 1 aromatic carbocycles. The zero-order valence-corrected chi connectivity index (χ0v) is 14.7. The first-order valence-corrected chi connectivity index (χ1v) is 7.93. The van der Waals surface area contributed by atoms with E-state index in [0.29, 0.717) is 5.56 Å². The largest absolute Gasteiger partial charge is 0.433 e. The first-order valence-electron chi connectivity index (χ1n) is 7.93. The molecule has 1 atom stereocenters. The fourth-order valence-electron chi connectivity index (χ4n) is 2.12. The van der Waals surface area contributed by atoms with Gasteiger partial charge in [0, 0.05) is 31.8 Å². The van der Waals surface area contributed by atoms with E-state index in [1.807, 2.05) is 0 Å². The van der Waals surface area contributed by atoms with Gasteiger partial charge in [0.1, 0.15) is 0 Å². The van der Waals surface area contributed by atoms with Crippen LogP contribution < -0.4 is 10.2 Å². The van der Waals surface area contributed by atoms with Crippen LogP contribution in [0.5, 0.6) is 0 Å². The number of aliphatic hydroxyl groups excluding tert-OH is 2. The molecule has 7 nitrogen and oxygen atoms in total. The predicted molar refractivity (Wildman–Crippen MR) is 92.2 cm³/mol. The van der Waals surface area contributed by atoms with E-state index in [-0.39, 0.29) is 23.8 Å². The number of aliphatic hydroxyl groups is 2. The molecule has 0 aliphatic heterocycles. The summed E-state index contributed by atoms with van der Waals surface area (Å²) in [5.74, 6) is -0.650. The summed E-state index contributed by atoms with van der Waals surface area (Å²) in [5.41, 5.74) is -0.583. The van der Waals surface area contributed by atoms with Crippen LogP contribution in [0.2, 0.25) is 0 Å². The van der Waals surface area contributed by atoms with E-state index in [4.69, 9.17) is 5.11 Å². The Hall–Kier alpha value is -2.72. The number of nitrogens with zero attached hydrogens (tertiary/aromatic N) is 3. The second kappa shape index (κ2) is 8.31. The highest BCUT2D eigenvalue weighted by molar-refractivity contribution is 5.95. The van der Waals surface area contributed by atoms with Crippen LogP contribution in [0.25, 0.3) is 11.3 Å². The van der Waals surface area contributed by atoms with Crippen LogP contribution in [0.3, 0.4) is 0 Å². The summed E-state index contributed by atoms with van der Waals surface area (Å²) in [4.78, 5) is 21.1. The second-order valence-corrected chi connectivity index (χ2v) is 5.96. The highest BCUT2D eigenvalue weighted by Crippen LogP contribution is 2.31. The molecular weight excluding hydrogens is 365 g/mol. The Labute approximate surface area is 153 Å². The van der Waals surface area contributed by atoms with E-state index in [9.17, 15) is 23.1 Å². The number of hydrogen-bond donors (Lipinski definition) is 3. The van der Waals surface area contributed by atoms with Gasteiger partial charge in [0.25, 0.3) is 5.91 Å². The molecule has 1 amide bonds. The minimum atomic E-state index is -4.64. The Morgan fingerprint density at radius 2 is 1.96 bits per heavy atom. The van der Waals surface area contributed by atoms with E-state index in [1.54, 1.807) is 0 Å². The van der Waals surface area contributed by atoms with Gasteiger partial charge >= 0.3 is 6.18 Å². The number of halogens is 3. The number of alkyl halides is 3. The summed E-state index contributed by atoms with van der Waals surface area (Å²) in [6.07, 6.45) is -5.74. The van der Waals surface area contributed by atoms with Crippen molar-refractivity contribution < 1.29 is 28.2 Å². The van der Waals surface area contributed by atoms with Crippen LogP contribution in [0.1, 0.15) is 16.1 Å². The Balaban J connectivity index is 2.38. The fraction of sp³-hybridized carbons (Fsp3) is 0.353. The zero-order chi connectivity index (χ0) is 20.2. The Kier molecular flexibility index (Phi) is 6.34. The number of amides is 1. The monoisotopic (exact) mass is 384 g/mol. The highest BCUT2D eigenvalue weighted by Gasteiger charge is 2.34. The van der Waals surface area contributed by atoms with Crippen molar-refractivity contribution in [2.45, 2.75) is 12.3 Å². The van der Waals surface area contributed by atoms with Crippen LogP contribution in [0.15, 0.2) is 30.3 Å². The summed E-state index contributed by atoms with van der Waals surface area (Å²) in [7, 11) is 3.05. The van der Waals surface area contributed by atoms with E-state index in [0.717, 1.165) is 6.07 Å². The van der Waals surface area contributed by atoms with Gasteiger partial charge in [-0.3, -0.25) is 4.79 Å². The Morgan fingerprint density at radius 3 is 2.56 bits per heavy atom. The topological polar surface area (TPSA) is 98.6 Å². The van der Waals surface area contributed by atoms with Crippen molar-refractivity contribution >= 4 is 11.9 Å². The molecule has 0 radical (unpaired) electrons. The molecule has 146 valence electrons. The number of hydrogen-bond acceptors (Lipinski definition) is 6. The molecule has 3 N–H and O–H groups in total. The molecule has 0 saturated carbocycles. The molecule has 0 fully saturated rings. The van der Waals surface area contributed by atoms with E-state index in [2.05, 4.69) is 15.3 Å². The fourth-order valence-corrected chi connectivity index (χ4v) is 2.12. The maximum Gasteiger partial charge on any atom is 0.433 e.